The highest BCUT2D eigenvalue weighted by molar-refractivity contribution is 9.10. The summed E-state index contributed by atoms with van der Waals surface area (Å²) < 4.78 is 0.673. The van der Waals surface area contributed by atoms with Gasteiger partial charge in [-0.25, -0.2) is 4.98 Å². The van der Waals surface area contributed by atoms with E-state index in [-0.39, 0.29) is 16.6 Å². The van der Waals surface area contributed by atoms with Crippen molar-refractivity contribution in [1.82, 2.24) is 9.97 Å². The van der Waals surface area contributed by atoms with E-state index in [2.05, 4.69) is 31.2 Å². The normalized spacial score (nSPS) is 10.1. The second kappa shape index (κ2) is 5.32. The first kappa shape index (κ1) is 12.8. The molecule has 7 heteroatoms. The van der Waals surface area contributed by atoms with E-state index in [1.807, 2.05) is 0 Å². The summed E-state index contributed by atoms with van der Waals surface area (Å²) >= 11 is 9.13. The Hall–Kier alpha value is -1.66. The van der Waals surface area contributed by atoms with Crippen LogP contribution in [0.4, 0.5) is 11.4 Å². The van der Waals surface area contributed by atoms with Gasteiger partial charge in [0.2, 0.25) is 0 Å². The summed E-state index contributed by atoms with van der Waals surface area (Å²) in [6.07, 6.45) is 4.54. The average molecular weight is 328 g/mol. The third kappa shape index (κ3) is 2.77. The minimum Gasteiger partial charge on any atom is -0.397 e. The highest BCUT2D eigenvalue weighted by atomic mass is 79.9. The lowest BCUT2D eigenvalue weighted by Crippen LogP contribution is -2.14. The molecule has 5 nitrogen and oxygen atoms in total. The van der Waals surface area contributed by atoms with Gasteiger partial charge in [-0.3, -0.25) is 9.78 Å². The van der Waals surface area contributed by atoms with Gasteiger partial charge in [-0.05, 0) is 28.1 Å². The second-order valence-electron chi connectivity index (χ2n) is 3.42. The molecule has 0 fully saturated rings. The molecule has 0 atom stereocenters. The van der Waals surface area contributed by atoms with Crippen molar-refractivity contribution in [3.05, 3.63) is 45.9 Å². The van der Waals surface area contributed by atoms with Crippen molar-refractivity contribution in [3.8, 4) is 0 Å². The number of nitrogens with one attached hydrogen (secondary N) is 1. The quantitative estimate of drug-likeness (QED) is 0.831. The van der Waals surface area contributed by atoms with E-state index < -0.39 is 0 Å². The largest absolute Gasteiger partial charge is 0.397 e. The predicted molar refractivity (Wildman–Crippen MR) is 73.5 cm³/mol. The van der Waals surface area contributed by atoms with Crippen LogP contribution in [0.15, 0.2) is 35.2 Å². The van der Waals surface area contributed by atoms with Crippen molar-refractivity contribution in [2.45, 2.75) is 0 Å². The summed E-state index contributed by atoms with van der Waals surface area (Å²) in [5.41, 5.74) is 6.76. The molecule has 0 aliphatic rings. The van der Waals surface area contributed by atoms with Gasteiger partial charge in [0.25, 0.3) is 5.91 Å². The van der Waals surface area contributed by atoms with Crippen molar-refractivity contribution in [1.29, 1.82) is 0 Å². The van der Waals surface area contributed by atoms with Crippen LogP contribution >= 0.6 is 27.5 Å². The standard InChI is InChI=1S/C11H8BrClN4O/c12-8-5-15-2-1-9(8)17-11(18)7-3-6(14)4-16-10(7)13/h1-5H,14H2,(H,15,17,18). The van der Waals surface area contributed by atoms with Crippen molar-refractivity contribution in [2.24, 2.45) is 0 Å². The van der Waals surface area contributed by atoms with E-state index in [1.165, 1.54) is 12.3 Å². The third-order valence-corrected chi connectivity index (χ3v) is 3.06. The van der Waals surface area contributed by atoms with Crippen LogP contribution in [0, 0.1) is 0 Å². The zero-order valence-electron chi connectivity index (χ0n) is 9.02. The lowest BCUT2D eigenvalue weighted by atomic mass is 10.2. The van der Waals surface area contributed by atoms with Crippen molar-refractivity contribution in [2.75, 3.05) is 11.1 Å². The lowest BCUT2D eigenvalue weighted by Gasteiger charge is -2.08. The fourth-order valence-electron chi connectivity index (χ4n) is 1.29. The Bertz CT molecular complexity index is 605. The number of nitrogens with two attached hydrogens (primary N) is 1. The van der Waals surface area contributed by atoms with E-state index in [0.717, 1.165) is 0 Å². The Labute approximate surface area is 117 Å². The number of nitrogen functional groups attached to an aromatic ring is 1. The van der Waals surface area contributed by atoms with Crippen LogP contribution in [-0.4, -0.2) is 15.9 Å². The number of anilines is 2. The Morgan fingerprint density at radius 1 is 1.44 bits per heavy atom. The van der Waals surface area contributed by atoms with Gasteiger partial charge >= 0.3 is 0 Å². The summed E-state index contributed by atoms with van der Waals surface area (Å²) in [4.78, 5) is 19.7. The number of nitrogens with zero attached hydrogens (tertiary/aromatic N) is 2. The lowest BCUT2D eigenvalue weighted by molar-refractivity contribution is 0.102. The first-order chi connectivity index (χ1) is 8.58. The van der Waals surface area contributed by atoms with Gasteiger partial charge < -0.3 is 11.1 Å². The second-order valence-corrected chi connectivity index (χ2v) is 4.63. The number of halogens is 2. The van der Waals surface area contributed by atoms with Crippen molar-refractivity contribution < 1.29 is 4.79 Å². The van der Waals surface area contributed by atoms with Gasteiger partial charge in [0.1, 0.15) is 5.15 Å². The molecule has 3 N–H and O–H groups in total. The maximum Gasteiger partial charge on any atom is 0.258 e. The molecule has 2 aromatic rings. The molecular weight excluding hydrogens is 320 g/mol. The van der Waals surface area contributed by atoms with Crippen LogP contribution in [-0.2, 0) is 0 Å². The van der Waals surface area contributed by atoms with Gasteiger partial charge in [-0.2, -0.15) is 0 Å². The maximum absolute atomic E-state index is 12.0. The van der Waals surface area contributed by atoms with Crippen LogP contribution in [0.2, 0.25) is 5.15 Å². The highest BCUT2D eigenvalue weighted by Gasteiger charge is 2.13. The number of hydrogen-bond donors (Lipinski definition) is 2. The first-order valence-corrected chi connectivity index (χ1v) is 6.07. The van der Waals surface area contributed by atoms with Crippen LogP contribution in [0.5, 0.6) is 0 Å². The Kier molecular flexibility index (Phi) is 3.78. The maximum atomic E-state index is 12.0. The molecule has 0 spiro atoms. The molecule has 18 heavy (non-hydrogen) atoms. The topological polar surface area (TPSA) is 80.9 Å². The molecule has 0 aliphatic carbocycles. The summed E-state index contributed by atoms with van der Waals surface area (Å²) in [6.45, 7) is 0. The molecule has 0 saturated heterocycles. The zero-order valence-corrected chi connectivity index (χ0v) is 11.4. The summed E-state index contributed by atoms with van der Waals surface area (Å²) in [5, 5.41) is 2.79. The molecule has 2 rings (SSSR count). The van der Waals surface area contributed by atoms with Gasteiger partial charge in [0.05, 0.1) is 27.6 Å². The average Bonchev–Trinajstić information content (AvgIpc) is 2.35. The number of hydrogen-bond acceptors (Lipinski definition) is 4. The number of carbonyl (C=O) groups is 1. The fraction of sp³-hybridized carbons (Fsp3) is 0. The van der Waals surface area contributed by atoms with Crippen molar-refractivity contribution >= 4 is 44.8 Å². The van der Waals surface area contributed by atoms with E-state index in [1.54, 1.807) is 18.5 Å². The summed E-state index contributed by atoms with van der Waals surface area (Å²) in [6, 6.07) is 3.13. The molecule has 92 valence electrons. The van der Waals surface area contributed by atoms with Gasteiger partial charge in [-0.1, -0.05) is 11.6 Å². The van der Waals surface area contributed by atoms with Crippen LogP contribution in [0.3, 0.4) is 0 Å². The van der Waals surface area contributed by atoms with E-state index in [9.17, 15) is 4.79 Å². The number of pyridine rings is 2. The zero-order chi connectivity index (χ0) is 13.1. The molecular formula is C11H8BrClN4O. The third-order valence-electron chi connectivity index (χ3n) is 2.13. The molecule has 0 unspecified atom stereocenters. The molecule has 0 saturated carbocycles. The smallest absolute Gasteiger partial charge is 0.258 e. The van der Waals surface area contributed by atoms with Crippen LogP contribution in [0.1, 0.15) is 10.4 Å². The van der Waals surface area contributed by atoms with Crippen LogP contribution < -0.4 is 11.1 Å². The Morgan fingerprint density at radius 3 is 2.94 bits per heavy atom. The fourth-order valence-corrected chi connectivity index (χ4v) is 1.83. The Morgan fingerprint density at radius 2 is 2.22 bits per heavy atom. The minimum atomic E-state index is -0.383. The number of aromatic nitrogens is 2. The number of rotatable bonds is 2. The molecule has 0 aromatic carbocycles. The van der Waals surface area contributed by atoms with Gasteiger partial charge in [0, 0.05) is 12.4 Å². The molecule has 0 radical (unpaired) electrons. The molecule has 2 aromatic heterocycles. The monoisotopic (exact) mass is 326 g/mol. The minimum absolute atomic E-state index is 0.104. The highest BCUT2D eigenvalue weighted by Crippen LogP contribution is 2.22. The van der Waals surface area contributed by atoms with Gasteiger partial charge in [0.15, 0.2) is 0 Å². The van der Waals surface area contributed by atoms with Crippen molar-refractivity contribution in [3.63, 3.8) is 0 Å². The van der Waals surface area contributed by atoms with E-state index >= 15 is 0 Å². The molecule has 2 heterocycles. The Balaban J connectivity index is 2.28. The molecule has 1 amide bonds. The molecule has 0 bridgehead atoms. The summed E-state index contributed by atoms with van der Waals surface area (Å²) in [7, 11) is 0. The number of amides is 1. The first-order valence-electron chi connectivity index (χ1n) is 4.90. The molecule has 0 aliphatic heterocycles. The van der Waals surface area contributed by atoms with Crippen LogP contribution in [0.25, 0.3) is 0 Å². The SMILES string of the molecule is Nc1cnc(Cl)c(C(=O)Nc2ccncc2Br)c1. The number of carbonyl (C=O) groups excluding carboxylic acids is 1. The summed E-state index contributed by atoms with van der Waals surface area (Å²) in [5.74, 6) is -0.383. The predicted octanol–water partition coefficient (Wildman–Crippen LogP) is 2.73. The van der Waals surface area contributed by atoms with Gasteiger partial charge in [-0.15, -0.1) is 0 Å². The van der Waals surface area contributed by atoms with E-state index in [0.29, 0.717) is 15.8 Å². The van der Waals surface area contributed by atoms with E-state index in [4.69, 9.17) is 17.3 Å².